The zero-order valence-electron chi connectivity index (χ0n) is 20.7. The summed E-state index contributed by atoms with van der Waals surface area (Å²) in [6, 6.07) is 18.6. The Bertz CT molecular complexity index is 1600. The van der Waals surface area contributed by atoms with Gasteiger partial charge >= 0.3 is 0 Å². The number of methoxy groups -OCH3 is 1. The van der Waals surface area contributed by atoms with E-state index < -0.39 is 16.6 Å². The molecule has 0 bridgehead atoms. The average molecular weight is 514 g/mol. The number of carbonyl (C=O) groups is 2. The highest BCUT2D eigenvalue weighted by Crippen LogP contribution is 2.40. The van der Waals surface area contributed by atoms with E-state index in [1.807, 2.05) is 0 Å². The van der Waals surface area contributed by atoms with Crippen molar-refractivity contribution < 1.29 is 24.4 Å². The Morgan fingerprint density at radius 1 is 1.00 bits per heavy atom. The van der Waals surface area contributed by atoms with Gasteiger partial charge in [0.15, 0.2) is 5.75 Å². The number of fused-ring (bicyclic) bond motifs is 1. The number of rotatable bonds is 7. The molecule has 11 heteroatoms. The molecule has 11 nitrogen and oxygen atoms in total. The maximum absolute atomic E-state index is 13.1. The summed E-state index contributed by atoms with van der Waals surface area (Å²) in [5, 5.41) is 34.4. The number of amides is 2. The number of nitrogens with zero attached hydrogens (tertiary/aromatic N) is 4. The van der Waals surface area contributed by atoms with Crippen molar-refractivity contribution in [2.45, 2.75) is 0 Å². The molecule has 2 N–H and O–H groups in total. The summed E-state index contributed by atoms with van der Waals surface area (Å²) in [7, 11) is 4.71. The van der Waals surface area contributed by atoms with E-state index in [2.05, 4.69) is 15.5 Å². The number of nitro groups is 1. The van der Waals surface area contributed by atoms with Crippen molar-refractivity contribution in [2.75, 3.05) is 26.5 Å². The van der Waals surface area contributed by atoms with E-state index in [9.17, 15) is 24.8 Å². The summed E-state index contributed by atoms with van der Waals surface area (Å²) >= 11 is 0. The van der Waals surface area contributed by atoms with E-state index in [4.69, 9.17) is 4.74 Å². The molecule has 0 aliphatic heterocycles. The van der Waals surface area contributed by atoms with Crippen LogP contribution in [-0.2, 0) is 0 Å². The van der Waals surface area contributed by atoms with Crippen LogP contribution in [0, 0.1) is 10.1 Å². The Morgan fingerprint density at radius 2 is 1.76 bits per heavy atom. The summed E-state index contributed by atoms with van der Waals surface area (Å²) in [5.41, 5.74) is 0.529. The molecule has 192 valence electrons. The maximum Gasteiger partial charge on any atom is 0.271 e. The summed E-state index contributed by atoms with van der Waals surface area (Å²) < 4.78 is 5.35. The van der Waals surface area contributed by atoms with Crippen LogP contribution in [0.3, 0.4) is 0 Å². The molecule has 0 aliphatic rings. The van der Waals surface area contributed by atoms with Crippen molar-refractivity contribution in [3.63, 3.8) is 0 Å². The Kier molecular flexibility index (Phi) is 7.28. The standard InChI is InChI=1S/C27H23N5O6/c1-31(2)27(35)17-11-12-23(38-3)22(14-17)29-30-24-20-10-5-4-7-16(20)13-21(25(24)33)26(34)28-18-8-6-9-19(15-18)32(36)37/h4-15,33H,1-3H3,(H,28,34). The minimum absolute atomic E-state index is 0.0266. The van der Waals surface area contributed by atoms with Crippen LogP contribution >= 0.6 is 0 Å². The fourth-order valence-electron chi connectivity index (χ4n) is 3.75. The van der Waals surface area contributed by atoms with Crippen LogP contribution in [0.4, 0.5) is 22.7 Å². The first-order valence-electron chi connectivity index (χ1n) is 11.3. The second kappa shape index (κ2) is 10.7. The third-order valence-corrected chi connectivity index (χ3v) is 5.64. The van der Waals surface area contributed by atoms with Crippen molar-refractivity contribution in [1.29, 1.82) is 0 Å². The summed E-state index contributed by atoms with van der Waals surface area (Å²) in [4.78, 5) is 37.4. The van der Waals surface area contributed by atoms with Crippen molar-refractivity contribution in [1.82, 2.24) is 4.90 Å². The topological polar surface area (TPSA) is 147 Å². The minimum atomic E-state index is -0.693. The monoisotopic (exact) mass is 513 g/mol. The van der Waals surface area contributed by atoms with Crippen LogP contribution in [0.1, 0.15) is 20.7 Å². The molecular weight excluding hydrogens is 490 g/mol. The Labute approximate surface area is 217 Å². The lowest BCUT2D eigenvalue weighted by Gasteiger charge is -2.12. The minimum Gasteiger partial charge on any atom is -0.505 e. The highest BCUT2D eigenvalue weighted by atomic mass is 16.6. The molecule has 0 atom stereocenters. The number of nitro benzene ring substituents is 1. The number of non-ortho nitro benzene ring substituents is 1. The number of nitrogens with one attached hydrogen (secondary N) is 1. The third-order valence-electron chi connectivity index (χ3n) is 5.64. The summed E-state index contributed by atoms with van der Waals surface area (Å²) in [5.74, 6) is -1.01. The SMILES string of the molecule is COc1ccc(C(=O)N(C)C)cc1N=Nc1c(O)c(C(=O)Nc2cccc([N+](=O)[O-])c2)cc2ccccc12. The molecular formula is C27H23N5O6. The first kappa shape index (κ1) is 25.8. The molecule has 4 aromatic carbocycles. The molecule has 0 saturated heterocycles. The number of ether oxygens (including phenoxy) is 1. The second-order valence-electron chi connectivity index (χ2n) is 8.39. The van der Waals surface area contributed by atoms with Crippen molar-refractivity contribution in [3.8, 4) is 11.5 Å². The number of hydrogen-bond donors (Lipinski definition) is 2. The predicted octanol–water partition coefficient (Wildman–Crippen LogP) is 5.83. The van der Waals surface area contributed by atoms with Crippen LogP contribution in [0.2, 0.25) is 0 Å². The largest absolute Gasteiger partial charge is 0.505 e. The first-order valence-corrected chi connectivity index (χ1v) is 11.3. The number of carbonyl (C=O) groups excluding carboxylic acids is 2. The average Bonchev–Trinajstić information content (AvgIpc) is 2.91. The Hall–Kier alpha value is -5.32. The molecule has 0 unspecified atom stereocenters. The lowest BCUT2D eigenvalue weighted by Crippen LogP contribution is -2.21. The van der Waals surface area contributed by atoms with E-state index in [1.165, 1.54) is 48.4 Å². The lowest BCUT2D eigenvalue weighted by molar-refractivity contribution is -0.384. The Balaban J connectivity index is 1.78. The van der Waals surface area contributed by atoms with E-state index in [0.717, 1.165) is 0 Å². The molecule has 4 rings (SSSR count). The van der Waals surface area contributed by atoms with E-state index in [-0.39, 0.29) is 34.2 Å². The number of anilines is 1. The summed E-state index contributed by atoms with van der Waals surface area (Å²) in [6.07, 6.45) is 0. The zero-order chi connectivity index (χ0) is 27.4. The normalized spacial score (nSPS) is 10.9. The van der Waals surface area contributed by atoms with Gasteiger partial charge in [-0.3, -0.25) is 19.7 Å². The number of benzene rings is 4. The highest BCUT2D eigenvalue weighted by molar-refractivity contribution is 6.11. The van der Waals surface area contributed by atoms with Gasteiger partial charge in [0.05, 0.1) is 17.6 Å². The smallest absolute Gasteiger partial charge is 0.271 e. The third kappa shape index (κ3) is 5.26. The molecule has 0 spiro atoms. The van der Waals surface area contributed by atoms with Gasteiger partial charge in [0.1, 0.15) is 17.1 Å². The number of aromatic hydroxyl groups is 1. The van der Waals surface area contributed by atoms with E-state index in [1.54, 1.807) is 50.5 Å². The van der Waals surface area contributed by atoms with E-state index >= 15 is 0 Å². The van der Waals surface area contributed by atoms with Crippen LogP contribution < -0.4 is 10.1 Å². The first-order chi connectivity index (χ1) is 18.2. The van der Waals surface area contributed by atoms with Crippen LogP contribution in [0.15, 0.2) is 83.0 Å². The zero-order valence-corrected chi connectivity index (χ0v) is 20.7. The van der Waals surface area contributed by atoms with Gasteiger partial charge in [-0.05, 0) is 35.7 Å². The molecule has 0 aromatic heterocycles. The fraction of sp³-hybridized carbons (Fsp3) is 0.111. The second-order valence-corrected chi connectivity index (χ2v) is 8.39. The van der Waals surface area contributed by atoms with Gasteiger partial charge in [-0.1, -0.05) is 30.3 Å². The molecule has 0 fully saturated rings. The molecule has 4 aromatic rings. The van der Waals surface area contributed by atoms with Crippen LogP contribution in [-0.4, -0.2) is 47.9 Å². The Morgan fingerprint density at radius 3 is 2.47 bits per heavy atom. The molecule has 0 saturated carbocycles. The molecule has 0 heterocycles. The molecule has 0 radical (unpaired) electrons. The lowest BCUT2D eigenvalue weighted by atomic mass is 10.0. The maximum atomic E-state index is 13.1. The van der Waals surface area contributed by atoms with Gasteiger partial charge in [0.2, 0.25) is 0 Å². The van der Waals surface area contributed by atoms with Gasteiger partial charge in [0.25, 0.3) is 17.5 Å². The molecule has 38 heavy (non-hydrogen) atoms. The number of phenolic OH excluding ortho intramolecular Hbond substituents is 1. The van der Waals surface area contributed by atoms with E-state index in [0.29, 0.717) is 22.1 Å². The summed E-state index contributed by atoms with van der Waals surface area (Å²) in [6.45, 7) is 0. The van der Waals surface area contributed by atoms with Crippen LogP contribution in [0.5, 0.6) is 11.5 Å². The van der Waals surface area contributed by atoms with Gasteiger partial charge in [-0.15, -0.1) is 10.2 Å². The fourth-order valence-corrected chi connectivity index (χ4v) is 3.75. The van der Waals surface area contributed by atoms with Gasteiger partial charge in [0, 0.05) is 42.9 Å². The molecule has 0 aliphatic carbocycles. The van der Waals surface area contributed by atoms with Crippen molar-refractivity contribution in [3.05, 3.63) is 94.0 Å². The van der Waals surface area contributed by atoms with Gasteiger partial charge in [-0.2, -0.15) is 0 Å². The highest BCUT2D eigenvalue weighted by Gasteiger charge is 2.20. The number of azo groups is 1. The van der Waals surface area contributed by atoms with Crippen molar-refractivity contribution in [2.24, 2.45) is 10.2 Å². The van der Waals surface area contributed by atoms with Crippen molar-refractivity contribution >= 4 is 45.3 Å². The number of phenols is 1. The van der Waals surface area contributed by atoms with Crippen LogP contribution in [0.25, 0.3) is 10.8 Å². The predicted molar refractivity (Wildman–Crippen MR) is 142 cm³/mol. The van der Waals surface area contributed by atoms with Gasteiger partial charge in [-0.25, -0.2) is 0 Å². The van der Waals surface area contributed by atoms with Gasteiger partial charge < -0.3 is 20.1 Å². The quantitative estimate of drug-likeness (QED) is 0.180. The number of hydrogen-bond acceptors (Lipinski definition) is 8. The molecule has 2 amide bonds.